The average Bonchev–Trinajstić information content (AvgIpc) is 2.42. The molecule has 1 fully saturated rings. The van der Waals surface area contributed by atoms with Gasteiger partial charge < -0.3 is 10.6 Å². The van der Waals surface area contributed by atoms with E-state index in [-0.39, 0.29) is 17.4 Å². The Labute approximate surface area is 123 Å². The topological polar surface area (TPSA) is 95.3 Å². The van der Waals surface area contributed by atoms with Gasteiger partial charge in [-0.3, -0.25) is 19.5 Å². The van der Waals surface area contributed by atoms with Crippen molar-refractivity contribution in [3.8, 4) is 0 Å². The quantitative estimate of drug-likeness (QED) is 0.771. The van der Waals surface area contributed by atoms with E-state index in [1.165, 1.54) is 0 Å². The molecule has 0 aromatic carbocycles. The molecular weight excluding hydrogens is 270 g/mol. The van der Waals surface area contributed by atoms with E-state index >= 15 is 0 Å². The van der Waals surface area contributed by atoms with Crippen LogP contribution in [0.5, 0.6) is 0 Å². The first-order valence-electron chi connectivity index (χ1n) is 7.37. The lowest BCUT2D eigenvalue weighted by atomic mass is 9.96. The number of carbonyl (C=O) groups excluding carboxylic acids is 1. The van der Waals surface area contributed by atoms with Crippen molar-refractivity contribution in [2.45, 2.75) is 25.8 Å². The summed E-state index contributed by atoms with van der Waals surface area (Å²) in [5.74, 6) is 0.911. The highest BCUT2D eigenvalue weighted by Gasteiger charge is 2.27. The number of likely N-dealkylation sites (tertiary alicyclic amines) is 1. The summed E-state index contributed by atoms with van der Waals surface area (Å²) < 4.78 is 0. The molecule has 7 nitrogen and oxygen atoms in total. The first kappa shape index (κ1) is 14.1. The fourth-order valence-electron chi connectivity index (χ4n) is 3.28. The Balaban J connectivity index is 1.67. The molecule has 2 aliphatic rings. The summed E-state index contributed by atoms with van der Waals surface area (Å²) >= 11 is 0. The monoisotopic (exact) mass is 291 g/mol. The lowest BCUT2D eigenvalue weighted by Gasteiger charge is -2.35. The lowest BCUT2D eigenvalue weighted by Crippen LogP contribution is -2.44. The number of carbonyl (C=O) groups is 1. The number of nitrogens with two attached hydrogens (primary N) is 1. The summed E-state index contributed by atoms with van der Waals surface area (Å²) in [7, 11) is 1.86. The van der Waals surface area contributed by atoms with E-state index in [0.29, 0.717) is 25.3 Å². The van der Waals surface area contributed by atoms with Gasteiger partial charge in [-0.1, -0.05) is 0 Å². The molecule has 0 spiro atoms. The van der Waals surface area contributed by atoms with Gasteiger partial charge in [0.1, 0.15) is 0 Å². The van der Waals surface area contributed by atoms with Gasteiger partial charge in [-0.15, -0.1) is 0 Å². The number of hydrogen-bond acceptors (Lipinski definition) is 5. The second kappa shape index (κ2) is 5.48. The third-order valence-corrected chi connectivity index (χ3v) is 4.41. The molecule has 1 atom stereocenters. The number of nitrogens with one attached hydrogen (secondary N) is 1. The molecular formula is C14H21N5O2. The summed E-state index contributed by atoms with van der Waals surface area (Å²) in [4.78, 5) is 34.3. The predicted octanol–water partition coefficient (Wildman–Crippen LogP) is -0.421. The Morgan fingerprint density at radius 3 is 2.95 bits per heavy atom. The highest BCUT2D eigenvalue weighted by molar-refractivity contribution is 5.76. The summed E-state index contributed by atoms with van der Waals surface area (Å²) in [6.45, 7) is 3.27. The van der Waals surface area contributed by atoms with Crippen LogP contribution in [0, 0.1) is 5.92 Å². The van der Waals surface area contributed by atoms with Crippen molar-refractivity contribution in [3.05, 3.63) is 21.6 Å². The zero-order chi connectivity index (χ0) is 15.0. The van der Waals surface area contributed by atoms with Crippen molar-refractivity contribution >= 4 is 11.9 Å². The number of H-pyrrole nitrogens is 1. The van der Waals surface area contributed by atoms with Crippen LogP contribution in [0.3, 0.4) is 0 Å². The van der Waals surface area contributed by atoms with E-state index in [9.17, 15) is 9.59 Å². The van der Waals surface area contributed by atoms with Gasteiger partial charge in [-0.25, -0.2) is 4.98 Å². The van der Waals surface area contributed by atoms with Crippen molar-refractivity contribution < 1.29 is 4.79 Å². The molecule has 3 rings (SSSR count). The van der Waals surface area contributed by atoms with E-state index in [0.717, 1.165) is 37.3 Å². The molecule has 1 saturated heterocycles. The summed E-state index contributed by atoms with van der Waals surface area (Å²) in [5, 5.41) is 0. The van der Waals surface area contributed by atoms with Gasteiger partial charge in [-0.2, -0.15) is 0 Å². The molecule has 2 aliphatic heterocycles. The molecule has 21 heavy (non-hydrogen) atoms. The molecule has 114 valence electrons. The highest BCUT2D eigenvalue weighted by Crippen LogP contribution is 2.21. The minimum absolute atomic E-state index is 0.111. The van der Waals surface area contributed by atoms with Crippen LogP contribution in [0.4, 0.5) is 5.95 Å². The number of hydrogen-bond donors (Lipinski definition) is 2. The average molecular weight is 291 g/mol. The number of rotatable bonds is 2. The van der Waals surface area contributed by atoms with E-state index in [4.69, 9.17) is 5.73 Å². The van der Waals surface area contributed by atoms with Crippen LogP contribution < -0.4 is 11.3 Å². The van der Waals surface area contributed by atoms with Crippen LogP contribution in [0.1, 0.15) is 24.1 Å². The van der Waals surface area contributed by atoms with Gasteiger partial charge in [0.05, 0.1) is 5.69 Å². The number of nitrogens with zero attached hydrogens (tertiary/aromatic N) is 3. The fraction of sp³-hybridized carbons (Fsp3) is 0.643. The number of nitrogen functional groups attached to an aromatic ring is 1. The maximum absolute atomic E-state index is 11.8. The number of anilines is 1. The Bertz CT molecular complexity index is 612. The molecule has 0 radical (unpaired) electrons. The molecule has 7 heteroatoms. The Kier molecular flexibility index (Phi) is 3.67. The molecule has 1 amide bonds. The third kappa shape index (κ3) is 2.92. The van der Waals surface area contributed by atoms with Crippen LogP contribution in [-0.2, 0) is 17.8 Å². The maximum Gasteiger partial charge on any atom is 0.255 e. The standard InChI is InChI=1S/C14H21N5O2/c1-18-6-9(2-3-12(18)20)7-19-5-4-10-11(8-19)16-14(15)17-13(10)21/h9H,2-8H2,1H3,(H3,15,16,17,21). The first-order valence-corrected chi connectivity index (χ1v) is 7.37. The summed E-state index contributed by atoms with van der Waals surface area (Å²) in [6, 6.07) is 0. The lowest BCUT2D eigenvalue weighted by molar-refractivity contribution is -0.133. The fourth-order valence-corrected chi connectivity index (χ4v) is 3.28. The zero-order valence-electron chi connectivity index (χ0n) is 12.3. The number of fused-ring (bicyclic) bond motifs is 1. The molecule has 3 heterocycles. The van der Waals surface area contributed by atoms with Gasteiger partial charge in [-0.05, 0) is 18.8 Å². The predicted molar refractivity (Wildman–Crippen MR) is 78.6 cm³/mol. The molecule has 3 N–H and O–H groups in total. The molecule has 0 aliphatic carbocycles. The van der Waals surface area contributed by atoms with Crippen LogP contribution >= 0.6 is 0 Å². The van der Waals surface area contributed by atoms with Crippen molar-refractivity contribution in [1.82, 2.24) is 19.8 Å². The SMILES string of the molecule is CN1CC(CN2CCc3c(nc(N)[nH]c3=O)C2)CCC1=O. The minimum Gasteiger partial charge on any atom is -0.369 e. The van der Waals surface area contributed by atoms with Crippen molar-refractivity contribution in [2.24, 2.45) is 5.92 Å². The van der Waals surface area contributed by atoms with Gasteiger partial charge in [0.25, 0.3) is 5.56 Å². The third-order valence-electron chi connectivity index (χ3n) is 4.41. The molecule has 1 aromatic heterocycles. The number of amides is 1. The largest absolute Gasteiger partial charge is 0.369 e. The first-order chi connectivity index (χ1) is 10.0. The van der Waals surface area contributed by atoms with E-state index in [1.807, 2.05) is 11.9 Å². The van der Waals surface area contributed by atoms with E-state index in [1.54, 1.807) is 0 Å². The molecule has 0 saturated carbocycles. The van der Waals surface area contributed by atoms with Crippen molar-refractivity contribution in [2.75, 3.05) is 32.4 Å². The normalized spacial score (nSPS) is 23.2. The van der Waals surface area contributed by atoms with Crippen LogP contribution in [0.15, 0.2) is 4.79 Å². The van der Waals surface area contributed by atoms with Gasteiger partial charge in [0.2, 0.25) is 11.9 Å². The number of aromatic amines is 1. The molecule has 1 unspecified atom stereocenters. The second-order valence-corrected chi connectivity index (χ2v) is 6.04. The van der Waals surface area contributed by atoms with E-state index in [2.05, 4.69) is 14.9 Å². The molecule has 0 bridgehead atoms. The number of aromatic nitrogens is 2. The summed E-state index contributed by atoms with van der Waals surface area (Å²) in [6.07, 6.45) is 2.29. The smallest absolute Gasteiger partial charge is 0.255 e. The number of piperidine rings is 1. The van der Waals surface area contributed by atoms with Gasteiger partial charge >= 0.3 is 0 Å². The highest BCUT2D eigenvalue weighted by atomic mass is 16.2. The van der Waals surface area contributed by atoms with Crippen LogP contribution in [0.25, 0.3) is 0 Å². The van der Waals surface area contributed by atoms with Gasteiger partial charge in [0, 0.05) is 45.2 Å². The summed E-state index contributed by atoms with van der Waals surface area (Å²) in [5.41, 5.74) is 7.06. The minimum atomic E-state index is -0.111. The Morgan fingerprint density at radius 1 is 1.38 bits per heavy atom. The second-order valence-electron chi connectivity index (χ2n) is 6.04. The Hall–Kier alpha value is -1.89. The molecule has 1 aromatic rings. The van der Waals surface area contributed by atoms with E-state index < -0.39 is 0 Å². The van der Waals surface area contributed by atoms with Gasteiger partial charge in [0.15, 0.2) is 0 Å². The Morgan fingerprint density at radius 2 is 2.19 bits per heavy atom. The van der Waals surface area contributed by atoms with Crippen LogP contribution in [0.2, 0.25) is 0 Å². The van der Waals surface area contributed by atoms with Crippen molar-refractivity contribution in [1.29, 1.82) is 0 Å². The zero-order valence-corrected chi connectivity index (χ0v) is 12.3. The maximum atomic E-state index is 11.8. The van der Waals surface area contributed by atoms with Crippen LogP contribution in [-0.4, -0.2) is 52.4 Å². The van der Waals surface area contributed by atoms with Crippen molar-refractivity contribution in [3.63, 3.8) is 0 Å².